The second-order valence-electron chi connectivity index (χ2n) is 8.86. The molecule has 0 unspecified atom stereocenters. The van der Waals surface area contributed by atoms with Gasteiger partial charge in [0.1, 0.15) is 11.6 Å². The van der Waals surface area contributed by atoms with Crippen LogP contribution in [0.2, 0.25) is 0 Å². The number of hydrogen-bond acceptors (Lipinski definition) is 5. The van der Waals surface area contributed by atoms with Crippen molar-refractivity contribution in [3.63, 3.8) is 0 Å². The van der Waals surface area contributed by atoms with Gasteiger partial charge in [-0.15, -0.1) is 0 Å². The summed E-state index contributed by atoms with van der Waals surface area (Å²) in [7, 11) is 0. The number of carbonyl (C=O) groups is 1. The summed E-state index contributed by atoms with van der Waals surface area (Å²) in [6.07, 6.45) is 7.60. The summed E-state index contributed by atoms with van der Waals surface area (Å²) < 4.78 is 21.4. The summed E-state index contributed by atoms with van der Waals surface area (Å²) in [6, 6.07) is 6.70. The highest BCUT2D eigenvalue weighted by molar-refractivity contribution is 5.80. The molecule has 7 nitrogen and oxygen atoms in total. The average molecular weight is 436 g/mol. The van der Waals surface area contributed by atoms with E-state index in [-0.39, 0.29) is 23.4 Å². The number of halogens is 1. The van der Waals surface area contributed by atoms with E-state index in [1.165, 1.54) is 6.07 Å². The molecule has 32 heavy (non-hydrogen) atoms. The molecule has 1 aliphatic heterocycles. The quantitative estimate of drug-likeness (QED) is 0.594. The number of carbonyl (C=O) groups excluding carboxylic acids is 1. The van der Waals surface area contributed by atoms with Crippen molar-refractivity contribution in [3.05, 3.63) is 53.4 Å². The van der Waals surface area contributed by atoms with Gasteiger partial charge in [-0.05, 0) is 56.7 Å². The lowest BCUT2D eigenvalue weighted by Gasteiger charge is -2.31. The number of nitriles is 1. The minimum absolute atomic E-state index is 0.0489. The third-order valence-corrected chi connectivity index (χ3v) is 6.65. The van der Waals surface area contributed by atoms with Gasteiger partial charge in [-0.3, -0.25) is 14.3 Å². The molecule has 3 heterocycles. The zero-order chi connectivity index (χ0) is 22.2. The number of furan rings is 1. The fourth-order valence-corrected chi connectivity index (χ4v) is 4.95. The summed E-state index contributed by atoms with van der Waals surface area (Å²) in [5.74, 6) is 0.786. The molecule has 8 heteroatoms. The van der Waals surface area contributed by atoms with Crippen LogP contribution < -0.4 is 0 Å². The number of nitrogens with zero attached hydrogens (tertiary/aromatic N) is 4. The van der Waals surface area contributed by atoms with E-state index in [4.69, 9.17) is 14.5 Å². The summed E-state index contributed by atoms with van der Waals surface area (Å²) >= 11 is 0. The van der Waals surface area contributed by atoms with E-state index in [0.29, 0.717) is 30.0 Å². The monoisotopic (exact) mass is 436 g/mol. The van der Waals surface area contributed by atoms with Gasteiger partial charge in [0.05, 0.1) is 41.4 Å². The molecule has 1 amide bonds. The van der Waals surface area contributed by atoms with Crippen LogP contribution in [0.4, 0.5) is 4.39 Å². The fourth-order valence-electron chi connectivity index (χ4n) is 4.95. The van der Waals surface area contributed by atoms with Crippen LogP contribution >= 0.6 is 0 Å². The fraction of sp³-hybridized carbons (Fsp3) is 0.458. The maximum absolute atomic E-state index is 14.2. The highest BCUT2D eigenvalue weighted by atomic mass is 19.1. The van der Waals surface area contributed by atoms with Crippen molar-refractivity contribution in [2.45, 2.75) is 51.6 Å². The first kappa shape index (κ1) is 20.7. The second kappa shape index (κ2) is 8.40. The van der Waals surface area contributed by atoms with Crippen LogP contribution in [0.1, 0.15) is 55.0 Å². The van der Waals surface area contributed by atoms with E-state index < -0.39 is 5.82 Å². The third kappa shape index (κ3) is 3.89. The summed E-state index contributed by atoms with van der Waals surface area (Å²) in [5, 5.41) is 15.5. The maximum Gasteiger partial charge on any atom is 0.249 e. The van der Waals surface area contributed by atoms with E-state index in [1.54, 1.807) is 28.3 Å². The number of amides is 1. The Morgan fingerprint density at radius 1 is 1.25 bits per heavy atom. The van der Waals surface area contributed by atoms with Gasteiger partial charge in [0.2, 0.25) is 5.91 Å². The van der Waals surface area contributed by atoms with E-state index in [0.717, 1.165) is 43.4 Å². The molecule has 1 saturated heterocycles. The molecule has 0 spiro atoms. The topological polar surface area (TPSA) is 84.3 Å². The lowest BCUT2D eigenvalue weighted by Crippen LogP contribution is -2.36. The molecule has 1 aromatic carbocycles. The number of aromatic nitrogens is 2. The average Bonchev–Trinajstić information content (AvgIpc) is 3.53. The van der Waals surface area contributed by atoms with Gasteiger partial charge < -0.3 is 4.42 Å². The summed E-state index contributed by atoms with van der Waals surface area (Å²) in [6.45, 7) is 3.10. The normalized spacial score (nSPS) is 23.5. The Morgan fingerprint density at radius 3 is 2.78 bits per heavy atom. The number of rotatable bonds is 4. The molecular weight excluding hydrogens is 411 g/mol. The Labute approximate surface area is 185 Å². The SMILES string of the molecule is Cc1cc([C@@H]2CCON2C(=O)C2CCC(Cn3cc4c(F)cc(C#N)cc4n3)CC2)co1. The molecule has 1 atom stereocenters. The first-order chi connectivity index (χ1) is 15.5. The lowest BCUT2D eigenvalue weighted by molar-refractivity contribution is -0.183. The van der Waals surface area contributed by atoms with Crippen LogP contribution in [0.15, 0.2) is 35.1 Å². The van der Waals surface area contributed by atoms with E-state index in [2.05, 4.69) is 5.10 Å². The predicted octanol–water partition coefficient (Wildman–Crippen LogP) is 4.66. The Hall–Kier alpha value is -3.18. The molecular formula is C24H25FN4O3. The van der Waals surface area contributed by atoms with E-state index in [9.17, 15) is 9.18 Å². The Bertz CT molecular complexity index is 1190. The highest BCUT2D eigenvalue weighted by Gasteiger charge is 2.37. The predicted molar refractivity (Wildman–Crippen MR) is 113 cm³/mol. The molecule has 2 aromatic heterocycles. The van der Waals surface area contributed by atoms with Crippen LogP contribution in [0.3, 0.4) is 0 Å². The number of fused-ring (bicyclic) bond motifs is 1. The van der Waals surface area contributed by atoms with Gasteiger partial charge in [0, 0.05) is 30.6 Å². The number of hydroxylamine groups is 2. The van der Waals surface area contributed by atoms with E-state index >= 15 is 0 Å². The Morgan fingerprint density at radius 2 is 2.06 bits per heavy atom. The van der Waals surface area contributed by atoms with Crippen molar-refractivity contribution in [1.82, 2.24) is 14.8 Å². The molecule has 3 aromatic rings. The Kier molecular flexibility index (Phi) is 5.43. The minimum Gasteiger partial charge on any atom is -0.469 e. The first-order valence-corrected chi connectivity index (χ1v) is 11.1. The van der Waals surface area contributed by atoms with Gasteiger partial charge in [-0.25, -0.2) is 9.45 Å². The third-order valence-electron chi connectivity index (χ3n) is 6.65. The van der Waals surface area contributed by atoms with Crippen LogP contribution in [0.25, 0.3) is 10.9 Å². The molecule has 2 aliphatic rings. The number of benzene rings is 1. The molecule has 2 fully saturated rings. The standard InChI is InChI=1S/C24H25FN4O3/c1-15-8-19(14-31-15)23-6-7-32-29(23)24(30)18-4-2-16(3-5-18)12-28-13-20-21(25)9-17(11-26)10-22(20)27-28/h8-10,13-14,16,18,23H,2-7,12H2,1H3/t16?,18?,23-/m0/s1. The number of hydrogen-bond donors (Lipinski definition) is 0. The number of aryl methyl sites for hydroxylation is 1. The summed E-state index contributed by atoms with van der Waals surface area (Å²) in [5.41, 5.74) is 1.75. The maximum atomic E-state index is 14.2. The molecule has 166 valence electrons. The molecule has 0 bridgehead atoms. The smallest absolute Gasteiger partial charge is 0.249 e. The van der Waals surface area contributed by atoms with Crippen molar-refractivity contribution >= 4 is 16.8 Å². The van der Waals surface area contributed by atoms with Gasteiger partial charge in [-0.2, -0.15) is 10.4 Å². The molecule has 1 aliphatic carbocycles. The minimum atomic E-state index is -0.424. The van der Waals surface area contributed by atoms with Crippen LogP contribution in [0, 0.1) is 35.9 Å². The molecule has 0 radical (unpaired) electrons. The first-order valence-electron chi connectivity index (χ1n) is 11.1. The van der Waals surface area contributed by atoms with Gasteiger partial charge >= 0.3 is 0 Å². The molecule has 0 N–H and O–H groups in total. The van der Waals surface area contributed by atoms with Crippen LogP contribution in [-0.2, 0) is 16.2 Å². The van der Waals surface area contributed by atoms with Crippen molar-refractivity contribution in [2.75, 3.05) is 6.61 Å². The van der Waals surface area contributed by atoms with Crippen LogP contribution in [0.5, 0.6) is 0 Å². The van der Waals surface area contributed by atoms with Gasteiger partial charge in [-0.1, -0.05) is 0 Å². The largest absolute Gasteiger partial charge is 0.469 e. The van der Waals surface area contributed by atoms with Crippen molar-refractivity contribution in [1.29, 1.82) is 5.26 Å². The molecule has 1 saturated carbocycles. The van der Waals surface area contributed by atoms with Crippen molar-refractivity contribution in [3.8, 4) is 6.07 Å². The lowest BCUT2D eigenvalue weighted by atomic mass is 9.81. The van der Waals surface area contributed by atoms with Crippen molar-refractivity contribution in [2.24, 2.45) is 11.8 Å². The Balaban J connectivity index is 1.21. The summed E-state index contributed by atoms with van der Waals surface area (Å²) in [4.78, 5) is 18.9. The zero-order valence-electron chi connectivity index (χ0n) is 18.0. The van der Waals surface area contributed by atoms with Crippen LogP contribution in [-0.4, -0.2) is 27.4 Å². The van der Waals surface area contributed by atoms with Gasteiger partial charge in [0.15, 0.2) is 0 Å². The van der Waals surface area contributed by atoms with Gasteiger partial charge in [0.25, 0.3) is 0 Å². The zero-order valence-corrected chi connectivity index (χ0v) is 18.0. The van der Waals surface area contributed by atoms with E-state index in [1.807, 2.05) is 19.1 Å². The van der Waals surface area contributed by atoms with Crippen molar-refractivity contribution < 1.29 is 18.4 Å². The highest BCUT2D eigenvalue weighted by Crippen LogP contribution is 2.37. The molecule has 5 rings (SSSR count). The second-order valence-corrected chi connectivity index (χ2v) is 8.86.